The molecule has 0 spiro atoms. The van der Waals surface area contributed by atoms with E-state index in [1.807, 2.05) is 36.4 Å². The van der Waals surface area contributed by atoms with Crippen molar-refractivity contribution in [1.29, 1.82) is 0 Å². The smallest absolute Gasteiger partial charge is 0.347 e. The lowest BCUT2D eigenvalue weighted by molar-refractivity contribution is 0.0967. The lowest BCUT2D eigenvalue weighted by Crippen LogP contribution is -2.33. The van der Waals surface area contributed by atoms with Crippen molar-refractivity contribution < 1.29 is 13.9 Å². The molecule has 1 aliphatic rings. The molecule has 27 heavy (non-hydrogen) atoms. The molecule has 0 bridgehead atoms. The number of fused-ring (bicyclic) bond motifs is 3. The SMILES string of the molecule is CC(=O)c1cc2ccc3c(c2oc1=O)CN(CCc1ccccc1Cl)CO3. The van der Waals surface area contributed by atoms with Crippen LogP contribution in [0.15, 0.2) is 51.7 Å². The number of ketones is 1. The highest BCUT2D eigenvalue weighted by Gasteiger charge is 2.22. The number of benzene rings is 2. The maximum atomic E-state index is 12.1. The van der Waals surface area contributed by atoms with Crippen molar-refractivity contribution in [1.82, 2.24) is 4.90 Å². The number of rotatable bonds is 4. The highest BCUT2D eigenvalue weighted by atomic mass is 35.5. The van der Waals surface area contributed by atoms with Crippen molar-refractivity contribution in [2.45, 2.75) is 19.9 Å². The summed E-state index contributed by atoms with van der Waals surface area (Å²) in [7, 11) is 0. The van der Waals surface area contributed by atoms with Gasteiger partial charge in [-0.2, -0.15) is 0 Å². The Morgan fingerprint density at radius 1 is 1.22 bits per heavy atom. The molecule has 2 heterocycles. The van der Waals surface area contributed by atoms with Crippen LogP contribution in [0.4, 0.5) is 0 Å². The van der Waals surface area contributed by atoms with E-state index in [0.717, 1.165) is 34.5 Å². The summed E-state index contributed by atoms with van der Waals surface area (Å²) in [6.45, 7) is 3.17. The molecule has 138 valence electrons. The molecule has 0 saturated heterocycles. The first kappa shape index (κ1) is 17.8. The minimum atomic E-state index is -0.614. The number of hydrogen-bond acceptors (Lipinski definition) is 5. The van der Waals surface area contributed by atoms with Gasteiger partial charge in [-0.15, -0.1) is 0 Å². The van der Waals surface area contributed by atoms with Gasteiger partial charge in [0.1, 0.15) is 23.6 Å². The predicted octanol–water partition coefficient (Wildman–Crippen LogP) is 4.04. The van der Waals surface area contributed by atoms with Gasteiger partial charge in [0.2, 0.25) is 0 Å². The van der Waals surface area contributed by atoms with Crippen LogP contribution in [-0.2, 0) is 13.0 Å². The first-order valence-corrected chi connectivity index (χ1v) is 9.10. The molecule has 0 radical (unpaired) electrons. The summed E-state index contributed by atoms with van der Waals surface area (Å²) in [4.78, 5) is 25.9. The number of ether oxygens (including phenoxy) is 1. The number of hydrogen-bond donors (Lipinski definition) is 0. The average Bonchev–Trinajstić information content (AvgIpc) is 2.66. The molecule has 2 aromatic carbocycles. The molecule has 3 aromatic rings. The fourth-order valence-corrected chi connectivity index (χ4v) is 3.54. The topological polar surface area (TPSA) is 59.8 Å². The zero-order chi connectivity index (χ0) is 19.0. The van der Waals surface area contributed by atoms with E-state index < -0.39 is 5.63 Å². The summed E-state index contributed by atoms with van der Waals surface area (Å²) in [6, 6.07) is 13.0. The molecule has 0 fully saturated rings. The molecule has 4 rings (SSSR count). The van der Waals surface area contributed by atoms with Crippen LogP contribution in [0.3, 0.4) is 0 Å². The van der Waals surface area contributed by atoms with Gasteiger partial charge in [0, 0.05) is 23.5 Å². The number of carbonyl (C=O) groups is 1. The molecule has 6 heteroatoms. The van der Waals surface area contributed by atoms with Gasteiger partial charge in [-0.3, -0.25) is 9.69 Å². The molecule has 0 amide bonds. The average molecular weight is 384 g/mol. The van der Waals surface area contributed by atoms with Crippen LogP contribution < -0.4 is 10.4 Å². The fraction of sp³-hybridized carbons (Fsp3) is 0.238. The minimum Gasteiger partial charge on any atom is -0.478 e. The van der Waals surface area contributed by atoms with E-state index in [2.05, 4.69) is 4.90 Å². The molecule has 0 aliphatic carbocycles. The monoisotopic (exact) mass is 383 g/mol. The largest absolute Gasteiger partial charge is 0.478 e. The Labute approximate surface area is 161 Å². The second-order valence-corrected chi connectivity index (χ2v) is 7.04. The van der Waals surface area contributed by atoms with Gasteiger partial charge in [0.05, 0.1) is 5.56 Å². The Bertz CT molecular complexity index is 1090. The number of halogens is 1. The van der Waals surface area contributed by atoms with Crippen molar-refractivity contribution in [2.75, 3.05) is 13.3 Å². The molecule has 0 saturated carbocycles. The Morgan fingerprint density at radius 2 is 2.04 bits per heavy atom. The summed E-state index contributed by atoms with van der Waals surface area (Å²) < 4.78 is 11.3. The van der Waals surface area contributed by atoms with E-state index in [-0.39, 0.29) is 11.3 Å². The van der Waals surface area contributed by atoms with Crippen LogP contribution in [0.2, 0.25) is 5.02 Å². The Hall–Kier alpha value is -2.63. The zero-order valence-corrected chi connectivity index (χ0v) is 15.6. The second-order valence-electron chi connectivity index (χ2n) is 6.63. The van der Waals surface area contributed by atoms with Gasteiger partial charge < -0.3 is 9.15 Å². The third-order valence-electron chi connectivity index (χ3n) is 4.78. The quantitative estimate of drug-likeness (QED) is 0.502. The first-order valence-electron chi connectivity index (χ1n) is 8.72. The highest BCUT2D eigenvalue weighted by Crippen LogP contribution is 2.32. The van der Waals surface area contributed by atoms with Crippen LogP contribution in [0.25, 0.3) is 11.0 Å². The molecule has 0 atom stereocenters. The predicted molar refractivity (Wildman–Crippen MR) is 104 cm³/mol. The van der Waals surface area contributed by atoms with E-state index in [0.29, 0.717) is 24.6 Å². The van der Waals surface area contributed by atoms with Crippen molar-refractivity contribution in [3.8, 4) is 5.75 Å². The van der Waals surface area contributed by atoms with E-state index in [1.165, 1.54) is 6.92 Å². The molecule has 1 aliphatic heterocycles. The van der Waals surface area contributed by atoms with E-state index in [9.17, 15) is 9.59 Å². The van der Waals surface area contributed by atoms with Crippen LogP contribution in [0.1, 0.15) is 28.4 Å². The van der Waals surface area contributed by atoms with Crippen LogP contribution in [-0.4, -0.2) is 24.0 Å². The molecular weight excluding hydrogens is 366 g/mol. The van der Waals surface area contributed by atoms with E-state index in [1.54, 1.807) is 6.07 Å². The Kier molecular flexibility index (Phi) is 4.72. The van der Waals surface area contributed by atoms with Gasteiger partial charge in [0.15, 0.2) is 5.78 Å². The fourth-order valence-electron chi connectivity index (χ4n) is 3.31. The summed E-state index contributed by atoms with van der Waals surface area (Å²) >= 11 is 6.23. The molecule has 5 nitrogen and oxygen atoms in total. The van der Waals surface area contributed by atoms with Gasteiger partial charge in [-0.1, -0.05) is 29.8 Å². The van der Waals surface area contributed by atoms with E-state index in [4.69, 9.17) is 20.8 Å². The normalized spacial score (nSPS) is 14.0. The molecule has 0 unspecified atom stereocenters. The number of Topliss-reactive ketones (excluding diaryl/α,β-unsaturated/α-hetero) is 1. The maximum Gasteiger partial charge on any atom is 0.347 e. The highest BCUT2D eigenvalue weighted by molar-refractivity contribution is 6.31. The van der Waals surface area contributed by atoms with Crippen LogP contribution >= 0.6 is 11.6 Å². The number of carbonyl (C=O) groups excluding carboxylic acids is 1. The lowest BCUT2D eigenvalue weighted by atomic mass is 10.1. The van der Waals surface area contributed by atoms with Crippen molar-refractivity contribution in [3.05, 3.63) is 74.6 Å². The summed E-state index contributed by atoms with van der Waals surface area (Å²) in [6.07, 6.45) is 0.793. The molecule has 0 N–H and O–H groups in total. The second kappa shape index (κ2) is 7.18. The lowest BCUT2D eigenvalue weighted by Gasteiger charge is -2.29. The van der Waals surface area contributed by atoms with Gasteiger partial charge in [-0.05, 0) is 43.2 Å². The van der Waals surface area contributed by atoms with Crippen molar-refractivity contribution in [3.63, 3.8) is 0 Å². The van der Waals surface area contributed by atoms with Gasteiger partial charge in [0.25, 0.3) is 0 Å². The van der Waals surface area contributed by atoms with E-state index >= 15 is 0 Å². The summed E-state index contributed by atoms with van der Waals surface area (Å²) in [5.74, 6) is 0.399. The third-order valence-corrected chi connectivity index (χ3v) is 5.15. The summed E-state index contributed by atoms with van der Waals surface area (Å²) in [5, 5.41) is 1.47. The van der Waals surface area contributed by atoms with Crippen molar-refractivity contribution in [2.24, 2.45) is 0 Å². The first-order chi connectivity index (χ1) is 13.0. The zero-order valence-electron chi connectivity index (χ0n) is 14.8. The molecule has 1 aromatic heterocycles. The Balaban J connectivity index is 1.62. The van der Waals surface area contributed by atoms with Crippen LogP contribution in [0.5, 0.6) is 5.75 Å². The Morgan fingerprint density at radius 3 is 2.81 bits per heavy atom. The molecular formula is C21H18ClNO4. The van der Waals surface area contributed by atoms with Gasteiger partial charge >= 0.3 is 5.63 Å². The minimum absolute atomic E-state index is 0.0646. The summed E-state index contributed by atoms with van der Waals surface area (Å²) in [5.41, 5.74) is 1.84. The van der Waals surface area contributed by atoms with Crippen LogP contribution in [0, 0.1) is 0 Å². The maximum absolute atomic E-state index is 12.1. The van der Waals surface area contributed by atoms with Gasteiger partial charge in [-0.25, -0.2) is 4.79 Å². The third kappa shape index (κ3) is 3.48. The standard InChI is InChI=1S/C21H18ClNO4/c1-13(24)16-10-15-6-7-19-17(20(15)27-21(16)25)11-23(12-26-19)9-8-14-4-2-3-5-18(14)22/h2-7,10H,8-9,11-12H2,1H3. The van der Waals surface area contributed by atoms with Crippen molar-refractivity contribution >= 4 is 28.4 Å². The number of nitrogens with zero attached hydrogens (tertiary/aromatic N) is 1.